The molecule has 1 aromatic carbocycles. The van der Waals surface area contributed by atoms with Crippen molar-refractivity contribution in [1.82, 2.24) is 10.3 Å². The highest BCUT2D eigenvalue weighted by atomic mass is 16.3. The molecule has 2 N–H and O–H groups in total. The third-order valence-electron chi connectivity index (χ3n) is 4.02. The molecular weight excluding hydrogens is 300 g/mol. The van der Waals surface area contributed by atoms with Gasteiger partial charge >= 0.3 is 0 Å². The molecule has 0 unspecified atom stereocenters. The number of benzene rings is 1. The second kappa shape index (κ2) is 8.06. The fraction of sp³-hybridized carbons (Fsp3) is 0.400. The summed E-state index contributed by atoms with van der Waals surface area (Å²) in [7, 11) is 0. The first-order valence-electron chi connectivity index (χ1n) is 8.30. The van der Waals surface area contributed by atoms with Crippen molar-refractivity contribution in [2.24, 2.45) is 0 Å². The van der Waals surface area contributed by atoms with Crippen LogP contribution in [0.2, 0.25) is 0 Å². The fourth-order valence-electron chi connectivity index (χ4n) is 2.43. The van der Waals surface area contributed by atoms with Gasteiger partial charge in [0.2, 0.25) is 5.91 Å². The average Bonchev–Trinajstić information content (AvgIpc) is 2.58. The van der Waals surface area contributed by atoms with Crippen molar-refractivity contribution in [1.29, 1.82) is 0 Å². The number of amides is 1. The van der Waals surface area contributed by atoms with Crippen LogP contribution in [0.4, 0.5) is 0 Å². The topological polar surface area (TPSA) is 62.2 Å². The van der Waals surface area contributed by atoms with Crippen LogP contribution in [0.3, 0.4) is 0 Å². The van der Waals surface area contributed by atoms with Crippen molar-refractivity contribution >= 4 is 5.91 Å². The minimum absolute atomic E-state index is 0.0655. The van der Waals surface area contributed by atoms with E-state index >= 15 is 0 Å². The van der Waals surface area contributed by atoms with E-state index in [9.17, 15) is 9.90 Å². The Morgan fingerprint density at radius 2 is 1.92 bits per heavy atom. The third-order valence-corrected chi connectivity index (χ3v) is 4.02. The van der Waals surface area contributed by atoms with Gasteiger partial charge in [-0.2, -0.15) is 0 Å². The molecule has 0 spiro atoms. The Kier molecular flexibility index (Phi) is 6.10. The predicted molar refractivity (Wildman–Crippen MR) is 95.7 cm³/mol. The summed E-state index contributed by atoms with van der Waals surface area (Å²) >= 11 is 0. The second-order valence-corrected chi connectivity index (χ2v) is 7.05. The van der Waals surface area contributed by atoms with Crippen LogP contribution in [0.25, 0.3) is 0 Å². The number of rotatable bonds is 6. The molecule has 1 amide bonds. The molecule has 0 saturated carbocycles. The van der Waals surface area contributed by atoms with Crippen molar-refractivity contribution < 1.29 is 9.90 Å². The van der Waals surface area contributed by atoms with E-state index in [2.05, 4.69) is 31.1 Å². The zero-order chi connectivity index (χ0) is 17.6. The first-order chi connectivity index (χ1) is 11.4. The maximum atomic E-state index is 11.9. The molecule has 0 aliphatic rings. The number of hydrogen-bond acceptors (Lipinski definition) is 3. The summed E-state index contributed by atoms with van der Waals surface area (Å²) in [6.45, 7) is 6.68. The van der Waals surface area contributed by atoms with Crippen LogP contribution >= 0.6 is 0 Å². The number of aliphatic hydroxyl groups is 1. The van der Waals surface area contributed by atoms with Gasteiger partial charge in [0.15, 0.2) is 0 Å². The zero-order valence-electron chi connectivity index (χ0n) is 14.6. The summed E-state index contributed by atoms with van der Waals surface area (Å²) in [6.07, 6.45) is 3.82. The van der Waals surface area contributed by atoms with Gasteiger partial charge in [-0.3, -0.25) is 9.78 Å². The molecule has 0 aliphatic heterocycles. The van der Waals surface area contributed by atoms with Gasteiger partial charge in [0, 0.05) is 25.4 Å². The molecule has 0 bridgehead atoms. The Balaban J connectivity index is 1.80. The largest absolute Gasteiger partial charge is 0.387 e. The van der Waals surface area contributed by atoms with Crippen LogP contribution < -0.4 is 5.32 Å². The van der Waals surface area contributed by atoms with E-state index in [0.717, 1.165) is 11.1 Å². The number of carbonyl (C=O) groups excluding carboxylic acids is 1. The van der Waals surface area contributed by atoms with Gasteiger partial charge in [-0.15, -0.1) is 0 Å². The van der Waals surface area contributed by atoms with Crippen molar-refractivity contribution in [2.75, 3.05) is 6.54 Å². The molecule has 0 fully saturated rings. The molecule has 128 valence electrons. The van der Waals surface area contributed by atoms with Crippen molar-refractivity contribution in [3.63, 3.8) is 0 Å². The molecule has 0 saturated heterocycles. The molecule has 0 aliphatic carbocycles. The van der Waals surface area contributed by atoms with Gasteiger partial charge < -0.3 is 10.4 Å². The van der Waals surface area contributed by atoms with Gasteiger partial charge in [-0.25, -0.2) is 0 Å². The van der Waals surface area contributed by atoms with Gasteiger partial charge in [-0.05, 0) is 34.6 Å². The van der Waals surface area contributed by atoms with E-state index < -0.39 is 6.10 Å². The van der Waals surface area contributed by atoms with E-state index in [-0.39, 0.29) is 17.9 Å². The Labute approximate surface area is 143 Å². The lowest BCUT2D eigenvalue weighted by Crippen LogP contribution is -2.28. The van der Waals surface area contributed by atoms with E-state index in [4.69, 9.17) is 0 Å². The van der Waals surface area contributed by atoms with Gasteiger partial charge in [0.1, 0.15) is 0 Å². The zero-order valence-corrected chi connectivity index (χ0v) is 14.6. The number of nitrogens with one attached hydrogen (secondary N) is 1. The minimum Gasteiger partial charge on any atom is -0.387 e. The third kappa shape index (κ3) is 5.46. The summed E-state index contributed by atoms with van der Waals surface area (Å²) in [4.78, 5) is 15.9. The molecule has 24 heavy (non-hydrogen) atoms. The molecule has 1 heterocycles. The predicted octanol–water partition coefficient (Wildman–Crippen LogP) is 3.16. The summed E-state index contributed by atoms with van der Waals surface area (Å²) in [5.74, 6) is -0.0655. The summed E-state index contributed by atoms with van der Waals surface area (Å²) in [5, 5.41) is 13.0. The smallest absolute Gasteiger partial charge is 0.220 e. The van der Waals surface area contributed by atoms with Gasteiger partial charge in [0.05, 0.1) is 6.10 Å². The van der Waals surface area contributed by atoms with Crippen LogP contribution in [-0.4, -0.2) is 22.5 Å². The van der Waals surface area contributed by atoms with Crippen LogP contribution in [-0.2, 0) is 16.6 Å². The molecule has 4 heteroatoms. The number of aromatic nitrogens is 1. The molecule has 4 nitrogen and oxygen atoms in total. The molecule has 2 aromatic rings. The highest BCUT2D eigenvalue weighted by molar-refractivity contribution is 5.76. The highest BCUT2D eigenvalue weighted by Gasteiger charge is 2.15. The average molecular weight is 326 g/mol. The van der Waals surface area contributed by atoms with E-state index in [1.54, 1.807) is 12.4 Å². The van der Waals surface area contributed by atoms with E-state index in [1.807, 2.05) is 36.4 Å². The molecule has 1 aromatic heterocycles. The Morgan fingerprint density at radius 3 is 2.50 bits per heavy atom. The Morgan fingerprint density at radius 1 is 1.21 bits per heavy atom. The second-order valence-electron chi connectivity index (χ2n) is 7.05. The van der Waals surface area contributed by atoms with Crippen molar-refractivity contribution in [3.05, 3.63) is 65.5 Å². The molecule has 0 radical (unpaired) electrons. The van der Waals surface area contributed by atoms with E-state index in [0.29, 0.717) is 12.8 Å². The Hall–Kier alpha value is -2.20. The molecular formula is C20H26N2O2. The lowest BCUT2D eigenvalue weighted by atomic mass is 9.86. The van der Waals surface area contributed by atoms with Crippen molar-refractivity contribution in [3.8, 4) is 0 Å². The first kappa shape index (κ1) is 18.1. The van der Waals surface area contributed by atoms with Gasteiger partial charge in [0.25, 0.3) is 0 Å². The number of aryl methyl sites for hydroxylation is 1. The maximum Gasteiger partial charge on any atom is 0.220 e. The maximum absolute atomic E-state index is 11.9. The monoisotopic (exact) mass is 326 g/mol. The SMILES string of the molecule is CC(C)(C)c1ccc([C@@H](O)CNC(=O)CCc2cccnc2)cc1. The first-order valence-corrected chi connectivity index (χ1v) is 8.30. The van der Waals surface area contributed by atoms with Crippen LogP contribution in [0, 0.1) is 0 Å². The number of hydrogen-bond donors (Lipinski definition) is 2. The van der Waals surface area contributed by atoms with Gasteiger partial charge in [-0.1, -0.05) is 51.1 Å². The van der Waals surface area contributed by atoms with Crippen LogP contribution in [0.1, 0.15) is 50.0 Å². The molecule has 1 atom stereocenters. The lowest BCUT2D eigenvalue weighted by molar-refractivity contribution is -0.121. The molecule has 2 rings (SSSR count). The minimum atomic E-state index is -0.693. The summed E-state index contributed by atoms with van der Waals surface area (Å²) in [6, 6.07) is 11.7. The van der Waals surface area contributed by atoms with E-state index in [1.165, 1.54) is 5.56 Å². The Bertz CT molecular complexity index is 646. The lowest BCUT2D eigenvalue weighted by Gasteiger charge is -2.20. The number of pyridine rings is 1. The normalized spacial score (nSPS) is 12.7. The summed E-state index contributed by atoms with van der Waals surface area (Å²) < 4.78 is 0. The highest BCUT2D eigenvalue weighted by Crippen LogP contribution is 2.23. The number of aliphatic hydroxyl groups excluding tert-OH is 1. The van der Waals surface area contributed by atoms with Crippen molar-refractivity contribution in [2.45, 2.75) is 45.1 Å². The fourth-order valence-corrected chi connectivity index (χ4v) is 2.43. The summed E-state index contributed by atoms with van der Waals surface area (Å²) in [5.41, 5.74) is 3.16. The standard InChI is InChI=1S/C20H26N2O2/c1-20(2,3)17-9-7-16(8-10-17)18(23)14-22-19(24)11-6-15-5-4-12-21-13-15/h4-5,7-10,12-13,18,23H,6,11,14H2,1-3H3,(H,22,24)/t18-/m0/s1. The number of nitrogens with zero attached hydrogens (tertiary/aromatic N) is 1. The van der Waals surface area contributed by atoms with Crippen LogP contribution in [0.5, 0.6) is 0 Å². The quantitative estimate of drug-likeness (QED) is 0.857. The van der Waals surface area contributed by atoms with Crippen LogP contribution in [0.15, 0.2) is 48.8 Å². The number of carbonyl (C=O) groups is 1.